The Morgan fingerprint density at radius 3 is 2.75 bits per heavy atom. The molecule has 0 aromatic rings. The van der Waals surface area contributed by atoms with Crippen molar-refractivity contribution in [3.63, 3.8) is 0 Å². The maximum absolute atomic E-state index is 11.1. The third-order valence-corrected chi connectivity index (χ3v) is 1.99. The number of esters is 1. The molecule has 0 saturated heterocycles. The second-order valence-electron chi connectivity index (χ2n) is 2.85. The second-order valence-corrected chi connectivity index (χ2v) is 2.85. The molecule has 0 radical (unpaired) electrons. The number of hydrogen-bond acceptors (Lipinski definition) is 2. The van der Waals surface area contributed by atoms with E-state index in [1.165, 1.54) is 7.11 Å². The molecule has 12 heavy (non-hydrogen) atoms. The van der Waals surface area contributed by atoms with Crippen LogP contribution in [-0.2, 0) is 9.53 Å². The summed E-state index contributed by atoms with van der Waals surface area (Å²) in [6, 6.07) is 0. The average molecular weight is 170 g/mol. The van der Waals surface area contributed by atoms with Gasteiger partial charge in [0.2, 0.25) is 0 Å². The van der Waals surface area contributed by atoms with Gasteiger partial charge in [-0.15, -0.1) is 6.58 Å². The summed E-state index contributed by atoms with van der Waals surface area (Å²) in [7, 11) is 1.44. The van der Waals surface area contributed by atoms with Crippen LogP contribution in [0.25, 0.3) is 0 Å². The van der Waals surface area contributed by atoms with E-state index in [0.717, 1.165) is 25.7 Å². The van der Waals surface area contributed by atoms with Gasteiger partial charge in [0.05, 0.1) is 13.0 Å². The molecule has 0 aromatic heterocycles. The number of methoxy groups -OCH3 is 1. The summed E-state index contributed by atoms with van der Waals surface area (Å²) in [6.45, 7) is 5.64. The number of allylic oxidation sites excluding steroid dienone is 1. The van der Waals surface area contributed by atoms with Crippen LogP contribution in [0.15, 0.2) is 12.7 Å². The predicted octanol–water partition coefficient (Wildman–Crippen LogP) is 2.54. The van der Waals surface area contributed by atoms with Crippen molar-refractivity contribution in [3.8, 4) is 0 Å². The minimum atomic E-state index is -0.0819. The van der Waals surface area contributed by atoms with Crippen molar-refractivity contribution in [2.75, 3.05) is 7.11 Å². The van der Waals surface area contributed by atoms with Crippen molar-refractivity contribution in [2.45, 2.75) is 32.6 Å². The van der Waals surface area contributed by atoms with Gasteiger partial charge >= 0.3 is 5.97 Å². The van der Waals surface area contributed by atoms with Crippen molar-refractivity contribution in [2.24, 2.45) is 5.92 Å². The summed E-state index contributed by atoms with van der Waals surface area (Å²) >= 11 is 0. The summed E-state index contributed by atoms with van der Waals surface area (Å²) in [5.41, 5.74) is 0. The highest BCUT2D eigenvalue weighted by Gasteiger charge is 2.15. The molecule has 0 rings (SSSR count). The van der Waals surface area contributed by atoms with Gasteiger partial charge in [0, 0.05) is 0 Å². The monoisotopic (exact) mass is 170 g/mol. The number of unbranched alkanes of at least 4 members (excludes halogenated alkanes) is 1. The SMILES string of the molecule is C=CCCCC(CC)C(=O)OC. The molecule has 0 spiro atoms. The van der Waals surface area contributed by atoms with E-state index in [1.807, 2.05) is 13.0 Å². The maximum Gasteiger partial charge on any atom is 0.308 e. The van der Waals surface area contributed by atoms with Crippen molar-refractivity contribution in [1.82, 2.24) is 0 Å². The molecule has 1 atom stereocenters. The molecule has 1 unspecified atom stereocenters. The Kier molecular flexibility index (Phi) is 6.44. The number of hydrogen-bond donors (Lipinski definition) is 0. The normalized spacial score (nSPS) is 12.2. The van der Waals surface area contributed by atoms with Crippen LogP contribution >= 0.6 is 0 Å². The van der Waals surface area contributed by atoms with Crippen LogP contribution in [0.3, 0.4) is 0 Å². The first-order valence-corrected chi connectivity index (χ1v) is 4.45. The fraction of sp³-hybridized carbons (Fsp3) is 0.700. The molecule has 0 aliphatic rings. The Morgan fingerprint density at radius 1 is 1.67 bits per heavy atom. The van der Waals surface area contributed by atoms with Gasteiger partial charge < -0.3 is 4.74 Å². The van der Waals surface area contributed by atoms with E-state index in [4.69, 9.17) is 0 Å². The predicted molar refractivity (Wildman–Crippen MR) is 49.8 cm³/mol. The smallest absolute Gasteiger partial charge is 0.308 e. The van der Waals surface area contributed by atoms with Crippen LogP contribution in [0.1, 0.15) is 32.6 Å². The lowest BCUT2D eigenvalue weighted by atomic mass is 9.99. The summed E-state index contributed by atoms with van der Waals surface area (Å²) in [6.07, 6.45) is 5.66. The lowest BCUT2D eigenvalue weighted by Crippen LogP contribution is -2.14. The van der Waals surface area contributed by atoms with Gasteiger partial charge in [-0.3, -0.25) is 4.79 Å². The van der Waals surface area contributed by atoms with E-state index < -0.39 is 0 Å². The van der Waals surface area contributed by atoms with Crippen LogP contribution in [0.4, 0.5) is 0 Å². The largest absolute Gasteiger partial charge is 0.469 e. The highest BCUT2D eigenvalue weighted by molar-refractivity contribution is 5.72. The van der Waals surface area contributed by atoms with Crippen molar-refractivity contribution < 1.29 is 9.53 Å². The topological polar surface area (TPSA) is 26.3 Å². The summed E-state index contributed by atoms with van der Waals surface area (Å²) in [4.78, 5) is 11.1. The first-order valence-electron chi connectivity index (χ1n) is 4.45. The maximum atomic E-state index is 11.1. The minimum Gasteiger partial charge on any atom is -0.469 e. The van der Waals surface area contributed by atoms with Gasteiger partial charge in [0.15, 0.2) is 0 Å². The second kappa shape index (κ2) is 6.89. The van der Waals surface area contributed by atoms with E-state index in [2.05, 4.69) is 11.3 Å². The van der Waals surface area contributed by atoms with Crippen molar-refractivity contribution in [3.05, 3.63) is 12.7 Å². The molecule has 70 valence electrons. The molecule has 0 amide bonds. The number of rotatable bonds is 6. The average Bonchev–Trinajstić information content (AvgIpc) is 2.11. The number of ether oxygens (including phenoxy) is 1. The van der Waals surface area contributed by atoms with Gasteiger partial charge in [0.1, 0.15) is 0 Å². The van der Waals surface area contributed by atoms with Crippen molar-refractivity contribution >= 4 is 5.97 Å². The Hall–Kier alpha value is -0.790. The zero-order valence-corrected chi connectivity index (χ0v) is 8.01. The fourth-order valence-electron chi connectivity index (χ4n) is 1.16. The van der Waals surface area contributed by atoms with Gasteiger partial charge in [-0.2, -0.15) is 0 Å². The molecule has 0 fully saturated rings. The highest BCUT2D eigenvalue weighted by Crippen LogP contribution is 2.13. The highest BCUT2D eigenvalue weighted by atomic mass is 16.5. The van der Waals surface area contributed by atoms with Gasteiger partial charge in [-0.25, -0.2) is 0 Å². The zero-order chi connectivity index (χ0) is 9.40. The third kappa shape index (κ3) is 4.16. The first-order chi connectivity index (χ1) is 5.76. The van der Waals surface area contributed by atoms with Crippen LogP contribution in [0.5, 0.6) is 0 Å². The third-order valence-electron chi connectivity index (χ3n) is 1.99. The Morgan fingerprint density at radius 2 is 2.33 bits per heavy atom. The molecular weight excluding hydrogens is 152 g/mol. The van der Waals surface area contributed by atoms with Crippen molar-refractivity contribution in [1.29, 1.82) is 0 Å². The van der Waals surface area contributed by atoms with E-state index in [1.54, 1.807) is 0 Å². The van der Waals surface area contributed by atoms with Crippen LogP contribution in [0.2, 0.25) is 0 Å². The Labute approximate surface area is 74.6 Å². The lowest BCUT2D eigenvalue weighted by Gasteiger charge is -2.10. The summed E-state index contributed by atoms with van der Waals surface area (Å²) in [5.74, 6) is -0.00323. The number of carbonyl (C=O) groups excluding carboxylic acids is 1. The molecule has 0 bridgehead atoms. The minimum absolute atomic E-state index is 0.0787. The molecule has 2 nitrogen and oxygen atoms in total. The zero-order valence-electron chi connectivity index (χ0n) is 8.01. The molecule has 0 N–H and O–H groups in total. The molecule has 0 saturated carbocycles. The van der Waals surface area contributed by atoms with E-state index in [-0.39, 0.29) is 11.9 Å². The van der Waals surface area contributed by atoms with E-state index in [9.17, 15) is 4.79 Å². The molecular formula is C10H18O2. The lowest BCUT2D eigenvalue weighted by molar-refractivity contribution is -0.145. The summed E-state index contributed by atoms with van der Waals surface area (Å²) < 4.78 is 4.67. The standard InChI is InChI=1S/C10H18O2/c1-4-6-7-8-9(5-2)10(11)12-3/h4,9H,1,5-8H2,2-3H3. The first kappa shape index (κ1) is 11.2. The van der Waals surface area contributed by atoms with Crippen LogP contribution < -0.4 is 0 Å². The fourth-order valence-corrected chi connectivity index (χ4v) is 1.16. The van der Waals surface area contributed by atoms with Gasteiger partial charge in [-0.05, 0) is 25.7 Å². The number of carbonyl (C=O) groups is 1. The molecule has 0 aliphatic carbocycles. The molecule has 0 aliphatic heterocycles. The quantitative estimate of drug-likeness (QED) is 0.348. The molecule has 2 heteroatoms. The van der Waals surface area contributed by atoms with Crippen LogP contribution in [0, 0.1) is 5.92 Å². The molecule has 0 heterocycles. The molecule has 0 aromatic carbocycles. The Bertz CT molecular complexity index is 141. The Balaban J connectivity index is 3.66. The van der Waals surface area contributed by atoms with E-state index in [0.29, 0.717) is 0 Å². The van der Waals surface area contributed by atoms with Crippen LogP contribution in [-0.4, -0.2) is 13.1 Å². The summed E-state index contributed by atoms with van der Waals surface area (Å²) in [5, 5.41) is 0. The van der Waals surface area contributed by atoms with E-state index >= 15 is 0 Å². The van der Waals surface area contributed by atoms with Gasteiger partial charge in [0.25, 0.3) is 0 Å². The van der Waals surface area contributed by atoms with Gasteiger partial charge in [-0.1, -0.05) is 13.0 Å².